The predicted octanol–water partition coefficient (Wildman–Crippen LogP) is 0.162. The lowest BCUT2D eigenvalue weighted by Crippen LogP contribution is -2.54. The fourth-order valence-electron chi connectivity index (χ4n) is 2.56. The molecule has 0 bridgehead atoms. The maximum atomic E-state index is 12.2. The zero-order chi connectivity index (χ0) is 13.1. The Morgan fingerprint density at radius 2 is 2.39 bits per heavy atom. The average Bonchev–Trinajstić information content (AvgIpc) is 2.76. The minimum absolute atomic E-state index is 0.0440. The van der Waals surface area contributed by atoms with Gasteiger partial charge in [-0.3, -0.25) is 4.79 Å². The van der Waals surface area contributed by atoms with Gasteiger partial charge in [-0.05, 0) is 6.42 Å². The third-order valence-electron chi connectivity index (χ3n) is 3.58. The number of hydrogen-bond acceptors (Lipinski definition) is 3. The van der Waals surface area contributed by atoms with Crippen LogP contribution in [0, 0.1) is 17.2 Å². The molecule has 0 radical (unpaired) electrons. The summed E-state index contributed by atoms with van der Waals surface area (Å²) in [5.41, 5.74) is 0. The highest BCUT2D eigenvalue weighted by atomic mass is 16.2. The Labute approximate surface area is 107 Å². The Morgan fingerprint density at radius 1 is 1.61 bits per heavy atom. The Balaban J connectivity index is 1.97. The van der Waals surface area contributed by atoms with Crippen LogP contribution in [-0.2, 0) is 4.79 Å². The van der Waals surface area contributed by atoms with E-state index >= 15 is 0 Å². The molecule has 2 unspecified atom stereocenters. The van der Waals surface area contributed by atoms with Crippen molar-refractivity contribution in [2.45, 2.75) is 25.8 Å². The van der Waals surface area contributed by atoms with E-state index in [-0.39, 0.29) is 18.0 Å². The number of hydrogen-bond donors (Lipinski definition) is 1. The SMILES string of the molecule is CCCC(C#N)C(=O)N1CCN2C(=O)NCC2C1. The van der Waals surface area contributed by atoms with Gasteiger partial charge in [0.15, 0.2) is 0 Å². The van der Waals surface area contributed by atoms with Crippen molar-refractivity contribution >= 4 is 11.9 Å². The van der Waals surface area contributed by atoms with Crippen LogP contribution >= 0.6 is 0 Å². The first-order valence-electron chi connectivity index (χ1n) is 6.40. The molecule has 2 atom stereocenters. The van der Waals surface area contributed by atoms with E-state index in [0.717, 1.165) is 6.42 Å². The zero-order valence-electron chi connectivity index (χ0n) is 10.6. The number of rotatable bonds is 3. The van der Waals surface area contributed by atoms with Gasteiger partial charge < -0.3 is 15.1 Å². The topological polar surface area (TPSA) is 76.4 Å². The minimum Gasteiger partial charge on any atom is -0.338 e. The largest absolute Gasteiger partial charge is 0.338 e. The van der Waals surface area contributed by atoms with Crippen molar-refractivity contribution in [3.05, 3.63) is 0 Å². The van der Waals surface area contributed by atoms with Crippen LogP contribution in [0.15, 0.2) is 0 Å². The van der Waals surface area contributed by atoms with Crippen molar-refractivity contribution in [2.75, 3.05) is 26.2 Å². The summed E-state index contributed by atoms with van der Waals surface area (Å²) >= 11 is 0. The van der Waals surface area contributed by atoms with Gasteiger partial charge in [0.05, 0.1) is 12.1 Å². The third kappa shape index (κ3) is 2.26. The zero-order valence-corrected chi connectivity index (χ0v) is 10.6. The molecular weight excluding hydrogens is 232 g/mol. The van der Waals surface area contributed by atoms with Crippen LogP contribution in [0.2, 0.25) is 0 Å². The summed E-state index contributed by atoms with van der Waals surface area (Å²) in [7, 11) is 0. The average molecular weight is 250 g/mol. The van der Waals surface area contributed by atoms with E-state index in [9.17, 15) is 9.59 Å². The Bertz CT molecular complexity index is 390. The first-order chi connectivity index (χ1) is 8.67. The van der Waals surface area contributed by atoms with Crippen molar-refractivity contribution in [3.8, 4) is 6.07 Å². The molecule has 0 aromatic rings. The third-order valence-corrected chi connectivity index (χ3v) is 3.58. The number of nitrogens with zero attached hydrogens (tertiary/aromatic N) is 3. The number of urea groups is 1. The second kappa shape index (κ2) is 5.25. The van der Waals surface area contributed by atoms with Crippen LogP contribution in [0.1, 0.15) is 19.8 Å². The molecule has 0 saturated carbocycles. The van der Waals surface area contributed by atoms with Crippen LogP contribution in [-0.4, -0.2) is 54.0 Å². The van der Waals surface area contributed by atoms with E-state index in [1.54, 1.807) is 9.80 Å². The van der Waals surface area contributed by atoms with Crippen molar-refractivity contribution in [1.29, 1.82) is 5.26 Å². The van der Waals surface area contributed by atoms with Crippen LogP contribution in [0.5, 0.6) is 0 Å². The van der Waals surface area contributed by atoms with Gasteiger partial charge in [0, 0.05) is 26.2 Å². The highest BCUT2D eigenvalue weighted by Crippen LogP contribution is 2.17. The van der Waals surface area contributed by atoms with Crippen molar-refractivity contribution in [3.63, 3.8) is 0 Å². The molecule has 0 aromatic carbocycles. The molecule has 3 amide bonds. The molecule has 1 N–H and O–H groups in total. The Hall–Kier alpha value is -1.77. The first-order valence-corrected chi connectivity index (χ1v) is 6.40. The lowest BCUT2D eigenvalue weighted by atomic mass is 10.0. The van der Waals surface area contributed by atoms with Gasteiger partial charge in [0.25, 0.3) is 0 Å². The standard InChI is InChI=1S/C12H18N4O2/c1-2-3-9(6-13)11(17)15-4-5-16-10(8-15)7-14-12(16)18/h9-10H,2-5,7-8H2,1H3,(H,14,18). The van der Waals surface area contributed by atoms with E-state index in [2.05, 4.69) is 11.4 Å². The summed E-state index contributed by atoms with van der Waals surface area (Å²) in [6, 6.07) is 2.10. The minimum atomic E-state index is -0.536. The lowest BCUT2D eigenvalue weighted by molar-refractivity contribution is -0.136. The van der Waals surface area contributed by atoms with Crippen molar-refractivity contribution in [1.82, 2.24) is 15.1 Å². The fraction of sp³-hybridized carbons (Fsp3) is 0.750. The second-order valence-electron chi connectivity index (χ2n) is 4.79. The monoisotopic (exact) mass is 250 g/mol. The highest BCUT2D eigenvalue weighted by molar-refractivity contribution is 5.82. The molecular formula is C12H18N4O2. The number of carbonyl (C=O) groups is 2. The molecule has 2 fully saturated rings. The number of carbonyl (C=O) groups excluding carboxylic acids is 2. The Kier molecular flexibility index (Phi) is 3.70. The van der Waals surface area contributed by atoms with E-state index in [4.69, 9.17) is 5.26 Å². The maximum absolute atomic E-state index is 12.2. The van der Waals surface area contributed by atoms with Crippen LogP contribution in [0.3, 0.4) is 0 Å². The number of fused-ring (bicyclic) bond motifs is 1. The summed E-state index contributed by atoms with van der Waals surface area (Å²) in [6.45, 7) is 4.19. The molecule has 2 heterocycles. The van der Waals surface area contributed by atoms with Crippen molar-refractivity contribution in [2.24, 2.45) is 5.92 Å². The Morgan fingerprint density at radius 3 is 3.06 bits per heavy atom. The molecule has 2 aliphatic rings. The molecule has 6 nitrogen and oxygen atoms in total. The van der Waals surface area contributed by atoms with Crippen LogP contribution in [0.25, 0.3) is 0 Å². The lowest BCUT2D eigenvalue weighted by Gasteiger charge is -2.37. The predicted molar refractivity (Wildman–Crippen MR) is 64.5 cm³/mol. The molecule has 2 aliphatic heterocycles. The molecule has 18 heavy (non-hydrogen) atoms. The molecule has 6 heteroatoms. The molecule has 2 rings (SSSR count). The summed E-state index contributed by atoms with van der Waals surface area (Å²) in [6.07, 6.45) is 1.44. The van der Waals surface area contributed by atoms with Crippen LogP contribution in [0.4, 0.5) is 4.79 Å². The molecule has 0 spiro atoms. The smallest absolute Gasteiger partial charge is 0.317 e. The highest BCUT2D eigenvalue weighted by Gasteiger charge is 2.38. The van der Waals surface area contributed by atoms with E-state index in [1.165, 1.54) is 0 Å². The summed E-state index contributed by atoms with van der Waals surface area (Å²) in [4.78, 5) is 27.1. The van der Waals surface area contributed by atoms with Gasteiger partial charge in [-0.25, -0.2) is 4.79 Å². The second-order valence-corrected chi connectivity index (χ2v) is 4.79. The summed E-state index contributed by atoms with van der Waals surface area (Å²) in [5, 5.41) is 11.8. The van der Waals surface area contributed by atoms with Gasteiger partial charge >= 0.3 is 6.03 Å². The fourth-order valence-corrected chi connectivity index (χ4v) is 2.56. The first kappa shape index (κ1) is 12.7. The van der Waals surface area contributed by atoms with Gasteiger partial charge in [-0.2, -0.15) is 5.26 Å². The summed E-state index contributed by atoms with van der Waals surface area (Å²) < 4.78 is 0. The number of amides is 3. The number of nitrogens with one attached hydrogen (secondary N) is 1. The normalized spacial score (nSPS) is 24.2. The van der Waals surface area contributed by atoms with E-state index in [1.807, 2.05) is 6.92 Å². The van der Waals surface area contributed by atoms with Gasteiger partial charge in [-0.15, -0.1) is 0 Å². The van der Waals surface area contributed by atoms with Gasteiger partial charge in [0.1, 0.15) is 5.92 Å². The molecule has 0 aliphatic carbocycles. The molecule has 0 aromatic heterocycles. The summed E-state index contributed by atoms with van der Waals surface area (Å²) in [5.74, 6) is -0.620. The molecule has 98 valence electrons. The number of nitriles is 1. The maximum Gasteiger partial charge on any atom is 0.317 e. The molecule has 2 saturated heterocycles. The quantitative estimate of drug-likeness (QED) is 0.775. The number of piperazine rings is 1. The van der Waals surface area contributed by atoms with Crippen molar-refractivity contribution < 1.29 is 9.59 Å². The van der Waals surface area contributed by atoms with Crippen LogP contribution < -0.4 is 5.32 Å². The van der Waals surface area contributed by atoms with Gasteiger partial charge in [0.2, 0.25) is 5.91 Å². The van der Waals surface area contributed by atoms with E-state index in [0.29, 0.717) is 32.6 Å². The van der Waals surface area contributed by atoms with Gasteiger partial charge in [-0.1, -0.05) is 13.3 Å². The van der Waals surface area contributed by atoms with E-state index < -0.39 is 5.92 Å².